The molecule has 3 heterocycles. The summed E-state index contributed by atoms with van der Waals surface area (Å²) in [5.74, 6) is 2.02. The zero-order valence-electron chi connectivity index (χ0n) is 14.4. The number of hydrogen-bond acceptors (Lipinski definition) is 6. The third kappa shape index (κ3) is 3.25. The van der Waals surface area contributed by atoms with Gasteiger partial charge in [0.15, 0.2) is 5.82 Å². The number of aromatic nitrogens is 2. The van der Waals surface area contributed by atoms with Crippen LogP contribution in [0, 0.1) is 6.92 Å². The topological polar surface area (TPSA) is 92.6 Å². The minimum atomic E-state index is -0.962. The first-order chi connectivity index (χ1) is 12.6. The molecule has 0 spiro atoms. The summed E-state index contributed by atoms with van der Waals surface area (Å²) in [6.07, 6.45) is 0.969. The lowest BCUT2D eigenvalue weighted by molar-refractivity contribution is 0.0697. The maximum atomic E-state index is 11.4. The maximum Gasteiger partial charge on any atom is 0.336 e. The van der Waals surface area contributed by atoms with Crippen LogP contribution in [0.3, 0.4) is 0 Å². The molecular weight excluding hydrogens is 334 g/mol. The van der Waals surface area contributed by atoms with E-state index in [2.05, 4.69) is 15.0 Å². The molecule has 3 aromatic rings. The highest BCUT2D eigenvalue weighted by Crippen LogP contribution is 2.29. The third-order valence-electron chi connectivity index (χ3n) is 4.63. The van der Waals surface area contributed by atoms with Gasteiger partial charge in [0.25, 0.3) is 0 Å². The smallest absolute Gasteiger partial charge is 0.336 e. The van der Waals surface area contributed by atoms with Crippen LogP contribution < -0.4 is 0 Å². The Morgan fingerprint density at radius 1 is 1.31 bits per heavy atom. The Morgan fingerprint density at radius 2 is 2.15 bits per heavy atom. The largest absolute Gasteiger partial charge is 0.478 e. The van der Waals surface area contributed by atoms with Crippen LogP contribution in [0.5, 0.6) is 0 Å². The summed E-state index contributed by atoms with van der Waals surface area (Å²) in [6.45, 7) is 4.25. The number of aromatic carboxylic acids is 1. The van der Waals surface area contributed by atoms with Crippen LogP contribution in [0.15, 0.2) is 45.3 Å². The van der Waals surface area contributed by atoms with Crippen molar-refractivity contribution in [2.75, 3.05) is 13.1 Å². The molecule has 1 saturated heterocycles. The second kappa shape index (κ2) is 6.76. The summed E-state index contributed by atoms with van der Waals surface area (Å²) in [5, 5.41) is 13.2. The lowest BCUT2D eigenvalue weighted by Crippen LogP contribution is -2.19. The van der Waals surface area contributed by atoms with Gasteiger partial charge in [-0.1, -0.05) is 23.4 Å². The summed E-state index contributed by atoms with van der Waals surface area (Å²) >= 11 is 0. The molecule has 0 saturated carbocycles. The first kappa shape index (κ1) is 16.5. The molecule has 1 aliphatic rings. The highest BCUT2D eigenvalue weighted by molar-refractivity contribution is 5.95. The number of carbonyl (C=O) groups is 1. The Balaban J connectivity index is 1.46. The Bertz CT molecular complexity index is 930. The molecule has 0 unspecified atom stereocenters. The van der Waals surface area contributed by atoms with Crippen LogP contribution in [0.2, 0.25) is 0 Å². The first-order valence-electron chi connectivity index (χ1n) is 8.54. The van der Waals surface area contributed by atoms with Crippen molar-refractivity contribution in [3.05, 3.63) is 59.4 Å². The molecule has 1 aromatic carbocycles. The number of aryl methyl sites for hydroxylation is 1. The maximum absolute atomic E-state index is 11.4. The zero-order chi connectivity index (χ0) is 18.1. The SMILES string of the molecule is Cc1noc([C@@H]2CCN(Cc3ccc(-c4ccccc4C(=O)O)o3)C2)n1. The standard InChI is InChI=1S/C19H19N3O4/c1-12-20-18(26-21-12)13-8-9-22(10-13)11-14-6-7-17(25-14)15-4-2-3-5-16(15)19(23)24/h2-7,13H,8-11H2,1H3,(H,23,24)/t13-/m1/s1. The first-order valence-corrected chi connectivity index (χ1v) is 8.54. The fraction of sp³-hybridized carbons (Fsp3) is 0.316. The second-order valence-electron chi connectivity index (χ2n) is 6.52. The molecule has 1 atom stereocenters. The molecule has 0 amide bonds. The Kier molecular flexibility index (Phi) is 4.30. The third-order valence-corrected chi connectivity index (χ3v) is 4.63. The summed E-state index contributed by atoms with van der Waals surface area (Å²) < 4.78 is 11.2. The van der Waals surface area contributed by atoms with Gasteiger partial charge in [0.2, 0.25) is 5.89 Å². The van der Waals surface area contributed by atoms with Crippen LogP contribution in [0.1, 0.15) is 40.2 Å². The number of hydrogen-bond donors (Lipinski definition) is 1. The van der Waals surface area contributed by atoms with Gasteiger partial charge in [0.05, 0.1) is 18.0 Å². The lowest BCUT2D eigenvalue weighted by atomic mass is 10.1. The van der Waals surface area contributed by atoms with E-state index in [0.717, 1.165) is 25.3 Å². The van der Waals surface area contributed by atoms with E-state index in [1.807, 2.05) is 19.1 Å². The Morgan fingerprint density at radius 3 is 2.92 bits per heavy atom. The number of rotatable bonds is 5. The number of likely N-dealkylation sites (tertiary alicyclic amines) is 1. The van der Waals surface area contributed by atoms with Crippen LogP contribution in [0.4, 0.5) is 0 Å². The van der Waals surface area contributed by atoms with Crippen molar-refractivity contribution < 1.29 is 18.8 Å². The molecule has 2 aromatic heterocycles. The molecule has 7 nitrogen and oxygen atoms in total. The van der Waals surface area contributed by atoms with Gasteiger partial charge >= 0.3 is 5.97 Å². The van der Waals surface area contributed by atoms with E-state index < -0.39 is 5.97 Å². The quantitative estimate of drug-likeness (QED) is 0.752. The van der Waals surface area contributed by atoms with Crippen molar-refractivity contribution >= 4 is 5.97 Å². The highest BCUT2D eigenvalue weighted by atomic mass is 16.5. The van der Waals surface area contributed by atoms with Crippen LogP contribution in [-0.4, -0.2) is 39.2 Å². The van der Waals surface area contributed by atoms with Crippen LogP contribution >= 0.6 is 0 Å². The minimum Gasteiger partial charge on any atom is -0.478 e. The van der Waals surface area contributed by atoms with Crippen LogP contribution in [-0.2, 0) is 6.54 Å². The van der Waals surface area contributed by atoms with Crippen molar-refractivity contribution in [3.8, 4) is 11.3 Å². The van der Waals surface area contributed by atoms with E-state index in [0.29, 0.717) is 29.6 Å². The van der Waals surface area contributed by atoms with Crippen LogP contribution in [0.25, 0.3) is 11.3 Å². The number of nitrogens with zero attached hydrogens (tertiary/aromatic N) is 3. The fourth-order valence-electron chi connectivity index (χ4n) is 3.37. The number of furan rings is 1. The van der Waals surface area contributed by atoms with Gasteiger partial charge in [-0.05, 0) is 38.1 Å². The molecular formula is C19H19N3O4. The molecule has 0 radical (unpaired) electrons. The second-order valence-corrected chi connectivity index (χ2v) is 6.52. The van der Waals surface area contributed by atoms with Gasteiger partial charge < -0.3 is 14.0 Å². The van der Waals surface area contributed by atoms with Gasteiger partial charge in [0, 0.05) is 12.1 Å². The van der Waals surface area contributed by atoms with Gasteiger partial charge in [-0.25, -0.2) is 4.79 Å². The van der Waals surface area contributed by atoms with E-state index in [1.54, 1.807) is 24.3 Å². The van der Waals surface area contributed by atoms with E-state index in [1.165, 1.54) is 0 Å². The van der Waals surface area contributed by atoms with E-state index >= 15 is 0 Å². The van der Waals surface area contributed by atoms with Gasteiger partial charge in [-0.3, -0.25) is 4.90 Å². The monoisotopic (exact) mass is 353 g/mol. The molecule has 1 fully saturated rings. The normalized spacial score (nSPS) is 17.7. The summed E-state index contributed by atoms with van der Waals surface area (Å²) in [6, 6.07) is 10.6. The molecule has 0 aliphatic carbocycles. The predicted molar refractivity (Wildman–Crippen MR) is 92.8 cm³/mol. The van der Waals surface area contributed by atoms with E-state index in [4.69, 9.17) is 8.94 Å². The fourth-order valence-corrected chi connectivity index (χ4v) is 3.37. The van der Waals surface area contributed by atoms with E-state index in [9.17, 15) is 9.90 Å². The summed E-state index contributed by atoms with van der Waals surface area (Å²) in [5.41, 5.74) is 0.827. The summed E-state index contributed by atoms with van der Waals surface area (Å²) in [4.78, 5) is 18.0. The summed E-state index contributed by atoms with van der Waals surface area (Å²) in [7, 11) is 0. The van der Waals surface area contributed by atoms with E-state index in [-0.39, 0.29) is 11.5 Å². The van der Waals surface area contributed by atoms with Gasteiger partial charge in [-0.2, -0.15) is 4.98 Å². The molecule has 26 heavy (non-hydrogen) atoms. The highest BCUT2D eigenvalue weighted by Gasteiger charge is 2.28. The van der Waals surface area contributed by atoms with Crippen molar-refractivity contribution in [2.24, 2.45) is 0 Å². The van der Waals surface area contributed by atoms with Crippen molar-refractivity contribution in [2.45, 2.75) is 25.8 Å². The Labute approximate surface area is 150 Å². The Hall–Kier alpha value is -2.93. The molecule has 1 aliphatic heterocycles. The number of benzene rings is 1. The number of carboxylic acids is 1. The molecule has 7 heteroatoms. The van der Waals surface area contributed by atoms with Crippen molar-refractivity contribution in [3.63, 3.8) is 0 Å². The van der Waals surface area contributed by atoms with Crippen molar-refractivity contribution in [1.29, 1.82) is 0 Å². The average Bonchev–Trinajstić information content (AvgIpc) is 3.36. The van der Waals surface area contributed by atoms with Gasteiger partial charge in [-0.15, -0.1) is 0 Å². The minimum absolute atomic E-state index is 0.237. The van der Waals surface area contributed by atoms with Gasteiger partial charge in [0.1, 0.15) is 11.5 Å². The molecule has 4 rings (SSSR count). The lowest BCUT2D eigenvalue weighted by Gasteiger charge is -2.13. The number of carboxylic acid groups (broad SMARTS) is 1. The predicted octanol–water partition coefficient (Wildman–Crippen LogP) is 3.33. The molecule has 1 N–H and O–H groups in total. The molecule has 0 bridgehead atoms. The molecule has 134 valence electrons. The zero-order valence-corrected chi connectivity index (χ0v) is 14.4. The van der Waals surface area contributed by atoms with Crippen molar-refractivity contribution in [1.82, 2.24) is 15.0 Å². The average molecular weight is 353 g/mol.